The lowest BCUT2D eigenvalue weighted by atomic mass is 10.1. The molecule has 0 radical (unpaired) electrons. The summed E-state index contributed by atoms with van der Waals surface area (Å²) in [6, 6.07) is 0. The molecule has 0 aliphatic carbocycles. The molecule has 1 aliphatic rings. The third-order valence-electron chi connectivity index (χ3n) is 1.42. The highest BCUT2D eigenvalue weighted by Gasteiger charge is 2.09. The third kappa shape index (κ3) is 1.66. The van der Waals surface area contributed by atoms with Gasteiger partial charge in [-0.3, -0.25) is 0 Å². The maximum atomic E-state index is 5.28. The number of terminal acetylenes is 1. The van der Waals surface area contributed by atoms with E-state index >= 15 is 0 Å². The molecule has 0 aromatic heterocycles. The molecule has 0 aromatic carbocycles. The zero-order valence-corrected chi connectivity index (χ0v) is 8.42. The van der Waals surface area contributed by atoms with E-state index in [0.717, 1.165) is 14.7 Å². The van der Waals surface area contributed by atoms with Gasteiger partial charge in [-0.15, -0.1) is 6.42 Å². The molecule has 0 aromatic rings. The summed E-state index contributed by atoms with van der Waals surface area (Å²) in [6.07, 6.45) is 9.16. The normalized spacial score (nSPS) is 17.2. The van der Waals surface area contributed by atoms with Crippen LogP contribution in [0.5, 0.6) is 0 Å². The average Bonchev–Trinajstić information content (AvgIpc) is 1.96. The minimum Gasteiger partial charge on any atom is -0.355 e. The van der Waals surface area contributed by atoms with Crippen molar-refractivity contribution in [3.05, 3.63) is 33.7 Å². The van der Waals surface area contributed by atoms with Crippen molar-refractivity contribution in [3.63, 3.8) is 0 Å². The van der Waals surface area contributed by atoms with Crippen LogP contribution in [0.15, 0.2) is 33.7 Å². The first-order chi connectivity index (χ1) is 5.15. The second kappa shape index (κ2) is 3.14. The molecule has 56 valence electrons. The fraction of sp³-hybridized carbons (Fsp3) is 0.111. The van der Waals surface area contributed by atoms with E-state index in [1.165, 1.54) is 0 Å². The van der Waals surface area contributed by atoms with Gasteiger partial charge in [0.1, 0.15) is 0 Å². The van der Waals surface area contributed by atoms with Crippen LogP contribution < -0.4 is 0 Å². The minimum atomic E-state index is 0.861. The molecule has 0 unspecified atom stereocenters. The number of halogens is 1. The Labute approximate surface area is 80.6 Å². The maximum Gasteiger partial charge on any atom is 0.0482 e. The Kier molecular flexibility index (Phi) is 2.40. The molecule has 0 saturated heterocycles. The first-order valence-electron chi connectivity index (χ1n) is 3.12. The van der Waals surface area contributed by atoms with Gasteiger partial charge in [0.15, 0.2) is 0 Å². The Morgan fingerprint density at radius 3 is 2.82 bits per heavy atom. The van der Waals surface area contributed by atoms with Crippen molar-refractivity contribution in [2.45, 2.75) is 0 Å². The average molecular weight is 257 g/mol. The fourth-order valence-corrected chi connectivity index (χ4v) is 1.56. The Bertz CT molecular complexity index is 291. The van der Waals surface area contributed by atoms with Gasteiger partial charge in [0.25, 0.3) is 0 Å². The molecule has 11 heavy (non-hydrogen) atoms. The van der Waals surface area contributed by atoms with Crippen LogP contribution in [-0.4, -0.2) is 11.9 Å². The van der Waals surface area contributed by atoms with Gasteiger partial charge < -0.3 is 4.90 Å². The zero-order valence-electron chi connectivity index (χ0n) is 6.26. The summed E-state index contributed by atoms with van der Waals surface area (Å²) in [5, 5.41) is 0. The van der Waals surface area contributed by atoms with Gasteiger partial charge in [-0.2, -0.15) is 0 Å². The van der Waals surface area contributed by atoms with Crippen LogP contribution in [0.4, 0.5) is 0 Å². The molecule has 0 fully saturated rings. The summed E-state index contributed by atoms with van der Waals surface area (Å²) in [4.78, 5) is 1.94. The van der Waals surface area contributed by atoms with Gasteiger partial charge in [-0.25, -0.2) is 0 Å². The Balaban J connectivity index is 3.02. The third-order valence-corrected chi connectivity index (χ3v) is 2.35. The van der Waals surface area contributed by atoms with Crippen LogP contribution in [-0.2, 0) is 0 Å². The van der Waals surface area contributed by atoms with E-state index in [9.17, 15) is 0 Å². The summed E-state index contributed by atoms with van der Waals surface area (Å²) in [7, 11) is 1.95. The van der Waals surface area contributed by atoms with E-state index in [4.69, 9.17) is 6.42 Å². The molecule has 1 nitrogen and oxygen atoms in total. The summed E-state index contributed by atoms with van der Waals surface area (Å²) in [5.74, 6) is 2.59. The monoisotopic (exact) mass is 257 g/mol. The molecular formula is C9H8IN. The van der Waals surface area contributed by atoms with Crippen molar-refractivity contribution >= 4 is 22.6 Å². The van der Waals surface area contributed by atoms with Gasteiger partial charge in [0, 0.05) is 28.6 Å². The number of rotatable bonds is 0. The second-order valence-corrected chi connectivity index (χ2v) is 3.47. The SMILES string of the molecule is C#CC1=CN(C)C=C(I)C1=C. The summed E-state index contributed by atoms with van der Waals surface area (Å²) < 4.78 is 1.10. The smallest absolute Gasteiger partial charge is 0.0482 e. The van der Waals surface area contributed by atoms with Crippen LogP contribution in [0.1, 0.15) is 0 Å². The first kappa shape index (κ1) is 8.41. The summed E-state index contributed by atoms with van der Waals surface area (Å²) in [6.45, 7) is 3.87. The zero-order chi connectivity index (χ0) is 8.43. The van der Waals surface area contributed by atoms with E-state index in [-0.39, 0.29) is 0 Å². The van der Waals surface area contributed by atoms with Gasteiger partial charge in [-0.1, -0.05) is 12.5 Å². The predicted molar refractivity (Wildman–Crippen MR) is 55.9 cm³/mol. The molecular weight excluding hydrogens is 249 g/mol. The largest absolute Gasteiger partial charge is 0.355 e. The summed E-state index contributed by atoms with van der Waals surface area (Å²) >= 11 is 2.22. The molecule has 1 rings (SSSR count). The highest BCUT2D eigenvalue weighted by molar-refractivity contribution is 14.1. The lowest BCUT2D eigenvalue weighted by Crippen LogP contribution is -2.08. The van der Waals surface area contributed by atoms with E-state index in [1.807, 2.05) is 24.3 Å². The lowest BCUT2D eigenvalue weighted by Gasteiger charge is -2.17. The van der Waals surface area contributed by atoms with Crippen molar-refractivity contribution < 1.29 is 0 Å². The minimum absolute atomic E-state index is 0.861. The predicted octanol–water partition coefficient (Wildman–Crippen LogP) is 2.28. The van der Waals surface area contributed by atoms with Crippen LogP contribution in [0.2, 0.25) is 0 Å². The second-order valence-electron chi connectivity index (χ2n) is 2.31. The van der Waals surface area contributed by atoms with Crippen LogP contribution in [0.25, 0.3) is 0 Å². The molecule has 0 bridgehead atoms. The molecule has 0 atom stereocenters. The number of hydrogen-bond donors (Lipinski definition) is 0. The highest BCUT2D eigenvalue weighted by atomic mass is 127. The van der Waals surface area contributed by atoms with Crippen LogP contribution in [0, 0.1) is 12.3 Å². The molecule has 1 aliphatic heterocycles. The van der Waals surface area contributed by atoms with Gasteiger partial charge in [-0.05, 0) is 28.2 Å². The number of allylic oxidation sites excluding steroid dienone is 3. The van der Waals surface area contributed by atoms with Crippen molar-refractivity contribution in [2.75, 3.05) is 7.05 Å². The highest BCUT2D eigenvalue weighted by Crippen LogP contribution is 2.27. The van der Waals surface area contributed by atoms with Gasteiger partial charge >= 0.3 is 0 Å². The quantitative estimate of drug-likeness (QED) is 0.475. The Morgan fingerprint density at radius 1 is 1.64 bits per heavy atom. The molecule has 0 spiro atoms. The number of nitrogens with zero attached hydrogens (tertiary/aromatic N) is 1. The standard InChI is InChI=1S/C9H8IN/c1-4-8-5-11(3)6-9(10)7(8)2/h1,5-6H,2H2,3H3. The molecule has 0 N–H and O–H groups in total. The molecule has 0 saturated carbocycles. The van der Waals surface area contributed by atoms with Crippen molar-refractivity contribution in [1.82, 2.24) is 4.90 Å². The topological polar surface area (TPSA) is 3.24 Å². The Hall–Kier alpha value is -0.690. The lowest BCUT2D eigenvalue weighted by molar-refractivity contribution is 0.616. The molecule has 0 amide bonds. The Morgan fingerprint density at radius 2 is 2.27 bits per heavy atom. The van der Waals surface area contributed by atoms with Crippen molar-refractivity contribution in [3.8, 4) is 12.3 Å². The van der Waals surface area contributed by atoms with Crippen LogP contribution >= 0.6 is 22.6 Å². The molecule has 1 heterocycles. The maximum absolute atomic E-state index is 5.28. The van der Waals surface area contributed by atoms with Crippen molar-refractivity contribution in [2.24, 2.45) is 0 Å². The van der Waals surface area contributed by atoms with Crippen LogP contribution in [0.3, 0.4) is 0 Å². The van der Waals surface area contributed by atoms with Crippen molar-refractivity contribution in [1.29, 1.82) is 0 Å². The van der Waals surface area contributed by atoms with Gasteiger partial charge in [0.05, 0.1) is 0 Å². The van der Waals surface area contributed by atoms with E-state index in [1.54, 1.807) is 0 Å². The van der Waals surface area contributed by atoms with Gasteiger partial charge in [0.2, 0.25) is 0 Å². The van der Waals surface area contributed by atoms with E-state index in [2.05, 4.69) is 35.1 Å². The fourth-order valence-electron chi connectivity index (χ4n) is 0.829. The first-order valence-corrected chi connectivity index (χ1v) is 4.20. The van der Waals surface area contributed by atoms with E-state index in [0.29, 0.717) is 0 Å². The number of hydrogen-bond acceptors (Lipinski definition) is 1. The summed E-state index contributed by atoms with van der Waals surface area (Å²) in [5.41, 5.74) is 1.80. The van der Waals surface area contributed by atoms with E-state index < -0.39 is 0 Å². The molecule has 2 heteroatoms.